The number of esters is 1. The van der Waals surface area contributed by atoms with E-state index >= 15 is 0 Å². The highest BCUT2D eigenvalue weighted by Crippen LogP contribution is 2.28. The Morgan fingerprint density at radius 1 is 0.947 bits per heavy atom. The van der Waals surface area contributed by atoms with E-state index in [1.165, 1.54) is 5.56 Å². The van der Waals surface area contributed by atoms with Crippen LogP contribution in [0.15, 0.2) is 30.5 Å². The van der Waals surface area contributed by atoms with Crippen LogP contribution in [-0.2, 0) is 14.3 Å². The second-order valence-electron chi connectivity index (χ2n) is 12.7. The van der Waals surface area contributed by atoms with Crippen LogP contribution in [0.5, 0.6) is 0 Å². The Kier molecular flexibility index (Phi) is 8.50. The molecule has 0 aliphatic carbocycles. The topological polar surface area (TPSA) is 76.9 Å². The molecule has 1 aromatic heterocycles. The van der Waals surface area contributed by atoms with Crippen LogP contribution in [0.4, 0.5) is 4.79 Å². The molecular formula is C30H44N4O4. The van der Waals surface area contributed by atoms with Crippen molar-refractivity contribution in [3.8, 4) is 0 Å². The summed E-state index contributed by atoms with van der Waals surface area (Å²) >= 11 is 0. The van der Waals surface area contributed by atoms with Crippen molar-refractivity contribution >= 4 is 29.0 Å². The first-order chi connectivity index (χ1) is 17.9. The lowest BCUT2D eigenvalue weighted by Gasteiger charge is -2.32. The Morgan fingerprint density at radius 3 is 2.24 bits per heavy atom. The highest BCUT2D eigenvalue weighted by molar-refractivity contribution is 5.81. The number of hydrogen-bond donors (Lipinski definition) is 0. The van der Waals surface area contributed by atoms with E-state index in [-0.39, 0.29) is 12.1 Å². The molecule has 8 heteroatoms. The van der Waals surface area contributed by atoms with Gasteiger partial charge in [0.05, 0.1) is 24.3 Å². The number of benzene rings is 1. The molecule has 2 aromatic rings. The van der Waals surface area contributed by atoms with Crippen molar-refractivity contribution in [1.82, 2.24) is 19.6 Å². The van der Waals surface area contributed by atoms with Gasteiger partial charge in [0.15, 0.2) is 0 Å². The number of carbonyl (C=O) groups is 2. The quantitative estimate of drug-likeness (QED) is 0.469. The number of rotatable bonds is 5. The Bertz CT molecular complexity index is 1140. The highest BCUT2D eigenvalue weighted by atomic mass is 16.6. The van der Waals surface area contributed by atoms with Gasteiger partial charge in [0.2, 0.25) is 0 Å². The average molecular weight is 525 g/mol. The minimum Gasteiger partial charge on any atom is -0.459 e. The molecule has 0 saturated carbocycles. The Hall–Kier alpha value is -2.87. The van der Waals surface area contributed by atoms with Crippen LogP contribution in [0, 0.1) is 5.92 Å². The summed E-state index contributed by atoms with van der Waals surface area (Å²) in [5, 5.41) is 5.87. The molecule has 4 rings (SSSR count). The summed E-state index contributed by atoms with van der Waals surface area (Å²) in [5.41, 5.74) is 1.41. The zero-order valence-electron chi connectivity index (χ0n) is 23.9. The van der Waals surface area contributed by atoms with Gasteiger partial charge < -0.3 is 14.4 Å². The molecule has 2 aliphatic rings. The molecular weight excluding hydrogens is 480 g/mol. The van der Waals surface area contributed by atoms with Crippen molar-refractivity contribution < 1.29 is 19.1 Å². The molecule has 0 spiro atoms. The SMILES string of the molecule is CC(C)(C)OC(=O)CN1CCC(n2ncc3cc(/C=C/C4CCN(C(=O)OC(C)(C)C)CC4)ccc32)CC1. The van der Waals surface area contributed by atoms with Gasteiger partial charge in [0, 0.05) is 31.6 Å². The zero-order chi connectivity index (χ0) is 27.5. The summed E-state index contributed by atoms with van der Waals surface area (Å²) in [6.07, 6.45) is 10.0. The van der Waals surface area contributed by atoms with Crippen LogP contribution in [0.2, 0.25) is 0 Å². The van der Waals surface area contributed by atoms with Crippen LogP contribution < -0.4 is 0 Å². The van der Waals surface area contributed by atoms with Crippen molar-refractivity contribution in [3.63, 3.8) is 0 Å². The van der Waals surface area contributed by atoms with E-state index in [9.17, 15) is 9.59 Å². The molecule has 0 N–H and O–H groups in total. The van der Waals surface area contributed by atoms with E-state index in [1.807, 2.05) is 52.6 Å². The van der Waals surface area contributed by atoms with Gasteiger partial charge in [-0.15, -0.1) is 0 Å². The lowest BCUT2D eigenvalue weighted by atomic mass is 9.95. The van der Waals surface area contributed by atoms with Crippen molar-refractivity contribution in [2.75, 3.05) is 32.7 Å². The molecule has 3 heterocycles. The first-order valence-corrected chi connectivity index (χ1v) is 13.9. The summed E-state index contributed by atoms with van der Waals surface area (Å²) < 4.78 is 13.1. The maximum atomic E-state index is 12.3. The maximum Gasteiger partial charge on any atom is 0.410 e. The van der Waals surface area contributed by atoms with Gasteiger partial charge >= 0.3 is 12.1 Å². The van der Waals surface area contributed by atoms with Crippen LogP contribution in [-0.4, -0.2) is 75.6 Å². The molecule has 208 valence electrons. The van der Waals surface area contributed by atoms with Gasteiger partial charge in [-0.25, -0.2) is 4.79 Å². The van der Waals surface area contributed by atoms with Gasteiger partial charge in [-0.1, -0.05) is 18.2 Å². The van der Waals surface area contributed by atoms with Crippen LogP contribution >= 0.6 is 0 Å². The highest BCUT2D eigenvalue weighted by Gasteiger charge is 2.27. The zero-order valence-corrected chi connectivity index (χ0v) is 23.9. The van der Waals surface area contributed by atoms with Crippen LogP contribution in [0.25, 0.3) is 17.0 Å². The smallest absolute Gasteiger partial charge is 0.410 e. The predicted octanol–water partition coefficient (Wildman–Crippen LogP) is 5.68. The number of fused-ring (bicyclic) bond motifs is 1. The number of likely N-dealkylation sites (tertiary alicyclic amines) is 2. The molecule has 1 amide bonds. The lowest BCUT2D eigenvalue weighted by molar-refractivity contribution is -0.156. The summed E-state index contributed by atoms with van der Waals surface area (Å²) in [7, 11) is 0. The van der Waals surface area contributed by atoms with Gasteiger partial charge in [-0.2, -0.15) is 5.10 Å². The van der Waals surface area contributed by atoms with Gasteiger partial charge in [-0.05, 0) is 90.8 Å². The predicted molar refractivity (Wildman–Crippen MR) is 150 cm³/mol. The van der Waals surface area contributed by atoms with E-state index < -0.39 is 11.2 Å². The minimum atomic E-state index is -0.459. The third-order valence-electron chi connectivity index (χ3n) is 7.05. The Balaban J connectivity index is 1.29. The van der Waals surface area contributed by atoms with Gasteiger partial charge in [0.25, 0.3) is 0 Å². The molecule has 0 unspecified atom stereocenters. The van der Waals surface area contributed by atoms with Crippen molar-refractivity contribution in [3.05, 3.63) is 36.0 Å². The second-order valence-corrected chi connectivity index (χ2v) is 12.7. The first kappa shape index (κ1) is 28.1. The molecule has 1 aromatic carbocycles. The third kappa shape index (κ3) is 7.82. The fourth-order valence-corrected chi connectivity index (χ4v) is 5.19. The molecule has 2 saturated heterocycles. The molecule has 0 bridgehead atoms. The summed E-state index contributed by atoms with van der Waals surface area (Å²) in [5.74, 6) is 0.299. The normalized spacial score (nSPS) is 18.8. The first-order valence-electron chi connectivity index (χ1n) is 13.9. The van der Waals surface area contributed by atoms with Gasteiger partial charge in [-0.3, -0.25) is 14.4 Å². The largest absolute Gasteiger partial charge is 0.459 e. The third-order valence-corrected chi connectivity index (χ3v) is 7.05. The van der Waals surface area contributed by atoms with Crippen LogP contribution in [0.3, 0.4) is 0 Å². The Labute approximate surface area is 226 Å². The average Bonchev–Trinajstić information content (AvgIpc) is 3.24. The number of allylic oxidation sites excluding steroid dienone is 1. The number of ether oxygens (including phenoxy) is 2. The molecule has 8 nitrogen and oxygen atoms in total. The van der Waals surface area contributed by atoms with E-state index in [1.54, 1.807) is 0 Å². The molecule has 0 atom stereocenters. The number of aromatic nitrogens is 2. The summed E-state index contributed by atoms with van der Waals surface area (Å²) in [6.45, 7) is 14.9. The van der Waals surface area contributed by atoms with Crippen LogP contribution in [0.1, 0.15) is 78.8 Å². The van der Waals surface area contributed by atoms with Crippen molar-refractivity contribution in [2.24, 2.45) is 5.92 Å². The molecule has 2 aliphatic heterocycles. The summed E-state index contributed by atoms with van der Waals surface area (Å²) in [4.78, 5) is 28.5. The maximum absolute atomic E-state index is 12.3. The number of piperidine rings is 2. The van der Waals surface area contributed by atoms with Gasteiger partial charge in [0.1, 0.15) is 11.2 Å². The number of carbonyl (C=O) groups excluding carboxylic acids is 2. The molecule has 38 heavy (non-hydrogen) atoms. The number of amides is 1. The van der Waals surface area contributed by atoms with E-state index in [4.69, 9.17) is 14.6 Å². The fourth-order valence-electron chi connectivity index (χ4n) is 5.19. The summed E-state index contributed by atoms with van der Waals surface area (Å²) in [6, 6.07) is 6.85. The lowest BCUT2D eigenvalue weighted by Crippen LogP contribution is -2.41. The Morgan fingerprint density at radius 2 is 1.61 bits per heavy atom. The second kappa shape index (κ2) is 11.5. The number of nitrogens with zero attached hydrogens (tertiary/aromatic N) is 4. The monoisotopic (exact) mass is 524 g/mol. The van der Waals surface area contributed by atoms with E-state index in [2.05, 4.69) is 39.9 Å². The van der Waals surface area contributed by atoms with Crippen molar-refractivity contribution in [1.29, 1.82) is 0 Å². The standard InChI is InChI=1S/C30H44N4O4/c1-29(2,3)37-27(35)21-32-15-13-25(14-16-32)34-26-10-9-23(19-24(26)20-31-34)8-7-22-11-17-33(18-12-22)28(36)38-30(4,5)6/h7-10,19-20,22,25H,11-18,21H2,1-6H3/b8-7+. The fraction of sp³-hybridized carbons (Fsp3) is 0.633. The van der Waals surface area contributed by atoms with Crippen molar-refractivity contribution in [2.45, 2.75) is 84.5 Å². The van der Waals surface area contributed by atoms with E-state index in [0.717, 1.165) is 62.8 Å². The minimum absolute atomic E-state index is 0.158. The molecule has 2 fully saturated rings. The number of hydrogen-bond acceptors (Lipinski definition) is 6. The molecule has 0 radical (unpaired) electrons. The van der Waals surface area contributed by atoms with E-state index in [0.29, 0.717) is 18.5 Å².